The van der Waals surface area contributed by atoms with Crippen LogP contribution in [0.4, 0.5) is 0 Å². The first kappa shape index (κ1) is 14.5. The Labute approximate surface area is 136 Å². The maximum atomic E-state index is 12.9. The summed E-state index contributed by atoms with van der Waals surface area (Å²) >= 11 is 0. The Bertz CT molecular complexity index is 718. The lowest BCUT2D eigenvalue weighted by molar-refractivity contribution is -0.133. The zero-order chi connectivity index (χ0) is 16.0. The van der Waals surface area contributed by atoms with Gasteiger partial charge in [0.15, 0.2) is 0 Å². The molecule has 0 N–H and O–H groups in total. The van der Waals surface area contributed by atoms with Gasteiger partial charge in [-0.25, -0.2) is 0 Å². The minimum Gasteiger partial charge on any atom is -0.338 e. The lowest BCUT2D eigenvalue weighted by Crippen LogP contribution is -2.39. The van der Waals surface area contributed by atoms with E-state index in [0.717, 1.165) is 32.4 Å². The summed E-state index contributed by atoms with van der Waals surface area (Å²) in [5.74, 6) is 0.841. The molecule has 6 nitrogen and oxygen atoms in total. The summed E-state index contributed by atoms with van der Waals surface area (Å²) in [5, 5.41) is 8.59. The maximum absolute atomic E-state index is 12.9. The number of aromatic nitrogens is 4. The molecule has 1 amide bonds. The van der Waals surface area contributed by atoms with Crippen molar-refractivity contribution in [1.82, 2.24) is 24.5 Å². The molecule has 0 radical (unpaired) electrons. The number of hydrogen-bond acceptors (Lipinski definition) is 3. The molecule has 6 heteroatoms. The maximum Gasteiger partial charge on any atom is 0.226 e. The van der Waals surface area contributed by atoms with Crippen LogP contribution >= 0.6 is 0 Å². The molecule has 122 valence electrons. The summed E-state index contributed by atoms with van der Waals surface area (Å²) < 4.78 is 3.78. The van der Waals surface area contributed by atoms with Gasteiger partial charge in [-0.2, -0.15) is 10.2 Å². The zero-order valence-corrected chi connectivity index (χ0v) is 13.7. The highest BCUT2D eigenvalue weighted by Crippen LogP contribution is 2.49. The number of hydrogen-bond donors (Lipinski definition) is 0. The molecule has 2 fully saturated rings. The molecule has 0 unspecified atom stereocenters. The molecule has 1 aliphatic carbocycles. The Morgan fingerprint density at radius 3 is 2.87 bits per heavy atom. The minimum absolute atomic E-state index is 0.152. The van der Waals surface area contributed by atoms with Crippen molar-refractivity contribution in [2.24, 2.45) is 13.0 Å². The van der Waals surface area contributed by atoms with E-state index in [1.807, 2.05) is 41.9 Å². The van der Waals surface area contributed by atoms with Gasteiger partial charge in [0.25, 0.3) is 0 Å². The summed E-state index contributed by atoms with van der Waals surface area (Å²) in [6.07, 6.45) is 11.0. The first-order valence-electron chi connectivity index (χ1n) is 8.40. The fraction of sp³-hybridized carbons (Fsp3) is 0.588. The van der Waals surface area contributed by atoms with Crippen LogP contribution in [0.1, 0.15) is 36.3 Å². The second-order valence-electron chi connectivity index (χ2n) is 6.96. The lowest BCUT2D eigenvalue weighted by Gasteiger charge is -2.25. The van der Waals surface area contributed by atoms with Crippen molar-refractivity contribution < 1.29 is 4.79 Å². The van der Waals surface area contributed by atoms with Crippen molar-refractivity contribution in [3.8, 4) is 0 Å². The standard InChI is InChI=1S/C17H23N5O/c1-12-7-19-21(9-12)11-14-4-3-5-22(14)17(23)16-6-15(16)13-8-18-20(2)10-13/h7-10,14-16H,3-6,11H2,1-2H3/t14-,15+,16+/m0/s1. The molecule has 23 heavy (non-hydrogen) atoms. The summed E-state index contributed by atoms with van der Waals surface area (Å²) in [4.78, 5) is 15.0. The first-order chi connectivity index (χ1) is 11.1. The van der Waals surface area contributed by atoms with Gasteiger partial charge < -0.3 is 4.90 Å². The molecule has 0 spiro atoms. The lowest BCUT2D eigenvalue weighted by atomic mass is 10.1. The minimum atomic E-state index is 0.152. The third-order valence-corrected chi connectivity index (χ3v) is 5.08. The predicted octanol–water partition coefficient (Wildman–Crippen LogP) is 1.72. The predicted molar refractivity (Wildman–Crippen MR) is 85.8 cm³/mol. The van der Waals surface area contributed by atoms with Gasteiger partial charge in [-0.15, -0.1) is 0 Å². The van der Waals surface area contributed by atoms with Gasteiger partial charge in [0, 0.05) is 31.9 Å². The van der Waals surface area contributed by atoms with Crippen molar-refractivity contribution in [2.45, 2.75) is 44.7 Å². The smallest absolute Gasteiger partial charge is 0.226 e. The van der Waals surface area contributed by atoms with Gasteiger partial charge in [-0.1, -0.05) is 0 Å². The van der Waals surface area contributed by atoms with Crippen LogP contribution in [-0.2, 0) is 18.4 Å². The second-order valence-corrected chi connectivity index (χ2v) is 6.96. The van der Waals surface area contributed by atoms with Gasteiger partial charge in [0.05, 0.1) is 25.0 Å². The van der Waals surface area contributed by atoms with Crippen LogP contribution in [0.2, 0.25) is 0 Å². The second kappa shape index (κ2) is 5.51. The van der Waals surface area contributed by atoms with Crippen LogP contribution in [-0.4, -0.2) is 43.0 Å². The molecule has 0 bridgehead atoms. The molecule has 3 atom stereocenters. The number of aryl methyl sites for hydroxylation is 2. The topological polar surface area (TPSA) is 56.0 Å². The third kappa shape index (κ3) is 2.78. The average Bonchev–Trinajstić information content (AvgIpc) is 2.86. The van der Waals surface area contributed by atoms with E-state index in [1.165, 1.54) is 11.1 Å². The normalized spacial score (nSPS) is 26.7. The third-order valence-electron chi connectivity index (χ3n) is 5.08. The Morgan fingerprint density at radius 2 is 2.17 bits per heavy atom. The Balaban J connectivity index is 1.41. The van der Waals surface area contributed by atoms with Crippen molar-refractivity contribution in [3.05, 3.63) is 35.9 Å². The molecule has 2 aromatic heterocycles. The van der Waals surface area contributed by atoms with Crippen molar-refractivity contribution >= 4 is 5.91 Å². The molecule has 1 saturated carbocycles. The highest BCUT2D eigenvalue weighted by molar-refractivity contribution is 5.83. The number of nitrogens with zero attached hydrogens (tertiary/aromatic N) is 5. The van der Waals surface area contributed by atoms with Crippen LogP contribution < -0.4 is 0 Å². The molecule has 1 aliphatic heterocycles. The summed E-state index contributed by atoms with van der Waals surface area (Å²) in [5.41, 5.74) is 2.36. The zero-order valence-electron chi connectivity index (χ0n) is 13.7. The van der Waals surface area contributed by atoms with E-state index < -0.39 is 0 Å². The molecule has 4 rings (SSSR count). The monoisotopic (exact) mass is 313 g/mol. The fourth-order valence-electron chi connectivity index (χ4n) is 3.78. The molecule has 3 heterocycles. The Morgan fingerprint density at radius 1 is 1.30 bits per heavy atom. The summed E-state index contributed by atoms with van der Waals surface area (Å²) in [7, 11) is 1.92. The van der Waals surface area contributed by atoms with Crippen LogP contribution in [0, 0.1) is 12.8 Å². The number of carbonyl (C=O) groups excluding carboxylic acids is 1. The van der Waals surface area contributed by atoms with Crippen molar-refractivity contribution in [1.29, 1.82) is 0 Å². The highest BCUT2D eigenvalue weighted by Gasteiger charge is 2.48. The number of likely N-dealkylation sites (tertiary alicyclic amines) is 1. The van der Waals surface area contributed by atoms with Crippen molar-refractivity contribution in [2.75, 3.05) is 6.54 Å². The molecular formula is C17H23N5O. The molecule has 2 aliphatic rings. The quantitative estimate of drug-likeness (QED) is 0.863. The molecule has 1 saturated heterocycles. The van der Waals surface area contributed by atoms with E-state index in [2.05, 4.69) is 21.3 Å². The van der Waals surface area contributed by atoms with Gasteiger partial charge in [-0.3, -0.25) is 14.2 Å². The largest absolute Gasteiger partial charge is 0.338 e. The SMILES string of the molecule is Cc1cnn(C[C@@H]2CCCN2C(=O)[C@@H]2C[C@@H]2c2cnn(C)c2)c1. The Hall–Kier alpha value is -2.11. The molecular weight excluding hydrogens is 290 g/mol. The van der Waals surface area contributed by atoms with Gasteiger partial charge in [0.1, 0.15) is 0 Å². The number of rotatable bonds is 4. The van der Waals surface area contributed by atoms with Gasteiger partial charge >= 0.3 is 0 Å². The molecule has 2 aromatic rings. The highest BCUT2D eigenvalue weighted by atomic mass is 16.2. The van der Waals surface area contributed by atoms with E-state index in [0.29, 0.717) is 11.8 Å². The van der Waals surface area contributed by atoms with E-state index >= 15 is 0 Å². The van der Waals surface area contributed by atoms with Gasteiger partial charge in [-0.05, 0) is 43.2 Å². The van der Waals surface area contributed by atoms with Crippen LogP contribution in [0.3, 0.4) is 0 Å². The van der Waals surface area contributed by atoms with E-state index in [9.17, 15) is 4.79 Å². The van der Waals surface area contributed by atoms with Crippen LogP contribution in [0.5, 0.6) is 0 Å². The van der Waals surface area contributed by atoms with E-state index in [-0.39, 0.29) is 12.0 Å². The number of amides is 1. The van der Waals surface area contributed by atoms with Crippen LogP contribution in [0.15, 0.2) is 24.8 Å². The first-order valence-corrected chi connectivity index (χ1v) is 8.40. The fourth-order valence-corrected chi connectivity index (χ4v) is 3.78. The summed E-state index contributed by atoms with van der Waals surface area (Å²) in [6, 6.07) is 0.289. The van der Waals surface area contributed by atoms with E-state index in [4.69, 9.17) is 0 Å². The van der Waals surface area contributed by atoms with Gasteiger partial charge in [0.2, 0.25) is 5.91 Å². The van der Waals surface area contributed by atoms with E-state index in [1.54, 1.807) is 0 Å². The average molecular weight is 313 g/mol. The number of carbonyl (C=O) groups is 1. The van der Waals surface area contributed by atoms with Crippen molar-refractivity contribution in [3.63, 3.8) is 0 Å². The Kier molecular flexibility index (Phi) is 3.47. The molecule has 0 aromatic carbocycles. The van der Waals surface area contributed by atoms with Crippen LogP contribution in [0.25, 0.3) is 0 Å². The summed E-state index contributed by atoms with van der Waals surface area (Å²) in [6.45, 7) is 3.74.